The van der Waals surface area contributed by atoms with Gasteiger partial charge in [0.1, 0.15) is 0 Å². The van der Waals surface area contributed by atoms with Gasteiger partial charge in [0.15, 0.2) is 11.5 Å². The van der Waals surface area contributed by atoms with Crippen LogP contribution in [0.15, 0.2) is 30.5 Å². The van der Waals surface area contributed by atoms with Crippen LogP contribution in [0.3, 0.4) is 0 Å². The number of hydrogen-bond donors (Lipinski definition) is 1. The van der Waals surface area contributed by atoms with Crippen LogP contribution in [0.25, 0.3) is 0 Å². The van der Waals surface area contributed by atoms with Gasteiger partial charge in [0.2, 0.25) is 0 Å². The lowest BCUT2D eigenvalue weighted by Crippen LogP contribution is -2.14. The van der Waals surface area contributed by atoms with Crippen molar-refractivity contribution in [3.63, 3.8) is 0 Å². The number of aromatic nitrogens is 2. The maximum absolute atomic E-state index is 6.15. The van der Waals surface area contributed by atoms with E-state index in [-0.39, 0.29) is 0 Å². The summed E-state index contributed by atoms with van der Waals surface area (Å²) in [6.45, 7) is 1.29. The fraction of sp³-hybridized carbons (Fsp3) is 0.286. The first-order valence-corrected chi connectivity index (χ1v) is 6.50. The zero-order valence-electron chi connectivity index (χ0n) is 11.4. The van der Waals surface area contributed by atoms with Crippen molar-refractivity contribution >= 4 is 11.6 Å². The van der Waals surface area contributed by atoms with Gasteiger partial charge >= 0.3 is 0 Å². The molecule has 1 aromatic heterocycles. The van der Waals surface area contributed by atoms with Crippen molar-refractivity contribution in [2.75, 3.05) is 14.2 Å². The van der Waals surface area contributed by atoms with E-state index in [2.05, 4.69) is 15.5 Å². The number of hydrogen-bond acceptors (Lipinski definition) is 5. The average Bonchev–Trinajstić information content (AvgIpc) is 2.47. The molecule has 0 saturated heterocycles. The molecular formula is C14H16ClN3O2. The van der Waals surface area contributed by atoms with Gasteiger partial charge < -0.3 is 14.8 Å². The van der Waals surface area contributed by atoms with Crippen molar-refractivity contribution in [2.24, 2.45) is 0 Å². The highest BCUT2D eigenvalue weighted by atomic mass is 35.5. The van der Waals surface area contributed by atoms with Crippen molar-refractivity contribution in [3.05, 3.63) is 46.7 Å². The molecule has 1 N–H and O–H groups in total. The molecule has 0 atom stereocenters. The lowest BCUT2D eigenvalue weighted by Gasteiger charge is -2.12. The Balaban J connectivity index is 2.01. The lowest BCUT2D eigenvalue weighted by molar-refractivity contribution is 0.354. The number of nitrogens with zero attached hydrogens (tertiary/aromatic N) is 2. The first-order chi connectivity index (χ1) is 9.74. The minimum Gasteiger partial charge on any atom is -0.493 e. The molecular weight excluding hydrogens is 278 g/mol. The van der Waals surface area contributed by atoms with Gasteiger partial charge in [-0.2, -0.15) is 10.2 Å². The Hall–Kier alpha value is -1.85. The predicted octanol–water partition coefficient (Wildman–Crippen LogP) is 2.44. The van der Waals surface area contributed by atoms with Gasteiger partial charge in [0, 0.05) is 19.3 Å². The minimum atomic E-state index is 0.531. The van der Waals surface area contributed by atoms with E-state index in [0.29, 0.717) is 29.6 Å². The van der Waals surface area contributed by atoms with E-state index in [1.165, 1.54) is 0 Å². The van der Waals surface area contributed by atoms with Crippen LogP contribution in [0.2, 0.25) is 5.02 Å². The van der Waals surface area contributed by atoms with Crippen molar-refractivity contribution in [1.82, 2.24) is 15.5 Å². The van der Waals surface area contributed by atoms with Crippen molar-refractivity contribution in [3.8, 4) is 11.5 Å². The molecule has 0 spiro atoms. The largest absolute Gasteiger partial charge is 0.493 e. The summed E-state index contributed by atoms with van der Waals surface area (Å²) < 4.78 is 10.5. The summed E-state index contributed by atoms with van der Waals surface area (Å²) in [5, 5.41) is 11.6. The van der Waals surface area contributed by atoms with Crippen LogP contribution in [-0.2, 0) is 13.1 Å². The smallest absolute Gasteiger partial charge is 0.179 e. The molecule has 0 radical (unpaired) electrons. The van der Waals surface area contributed by atoms with Gasteiger partial charge in [-0.05, 0) is 29.8 Å². The summed E-state index contributed by atoms with van der Waals surface area (Å²) in [4.78, 5) is 0. The molecule has 0 fully saturated rings. The summed E-state index contributed by atoms with van der Waals surface area (Å²) in [5.74, 6) is 1.17. The maximum atomic E-state index is 6.15. The Labute approximate surface area is 122 Å². The van der Waals surface area contributed by atoms with E-state index in [4.69, 9.17) is 21.1 Å². The number of methoxy groups -OCH3 is 2. The van der Waals surface area contributed by atoms with Crippen LogP contribution < -0.4 is 14.8 Å². The van der Waals surface area contributed by atoms with E-state index in [1.54, 1.807) is 20.4 Å². The normalized spacial score (nSPS) is 10.3. The molecule has 0 amide bonds. The Morgan fingerprint density at radius 2 is 2.05 bits per heavy atom. The molecule has 1 heterocycles. The fourth-order valence-electron chi connectivity index (χ4n) is 1.84. The van der Waals surface area contributed by atoms with E-state index < -0.39 is 0 Å². The van der Waals surface area contributed by atoms with Crippen LogP contribution in [0.5, 0.6) is 11.5 Å². The molecule has 0 aliphatic rings. The number of benzene rings is 1. The highest BCUT2D eigenvalue weighted by Gasteiger charge is 2.10. The molecule has 0 saturated carbocycles. The van der Waals surface area contributed by atoms with Crippen LogP contribution >= 0.6 is 11.6 Å². The van der Waals surface area contributed by atoms with Gasteiger partial charge in [0.25, 0.3) is 0 Å². The molecule has 5 nitrogen and oxygen atoms in total. The minimum absolute atomic E-state index is 0.531. The van der Waals surface area contributed by atoms with Crippen LogP contribution in [0.1, 0.15) is 11.3 Å². The molecule has 0 aliphatic heterocycles. The summed E-state index contributed by atoms with van der Waals surface area (Å²) in [6.07, 6.45) is 1.65. The second-order valence-corrected chi connectivity index (χ2v) is 4.54. The summed E-state index contributed by atoms with van der Waals surface area (Å²) in [7, 11) is 3.15. The van der Waals surface area contributed by atoms with Gasteiger partial charge in [-0.15, -0.1) is 0 Å². The average molecular weight is 294 g/mol. The third-order valence-corrected chi connectivity index (χ3v) is 3.04. The van der Waals surface area contributed by atoms with E-state index >= 15 is 0 Å². The van der Waals surface area contributed by atoms with E-state index in [0.717, 1.165) is 11.3 Å². The highest BCUT2D eigenvalue weighted by Crippen LogP contribution is 2.35. The monoisotopic (exact) mass is 293 g/mol. The summed E-state index contributed by atoms with van der Waals surface area (Å²) in [5.41, 5.74) is 1.90. The predicted molar refractivity (Wildman–Crippen MR) is 77.1 cm³/mol. The first kappa shape index (κ1) is 14.6. The quantitative estimate of drug-likeness (QED) is 0.886. The maximum Gasteiger partial charge on any atom is 0.179 e. The second kappa shape index (κ2) is 7.07. The van der Waals surface area contributed by atoms with E-state index in [1.807, 2.05) is 24.3 Å². The highest BCUT2D eigenvalue weighted by molar-refractivity contribution is 6.32. The summed E-state index contributed by atoms with van der Waals surface area (Å²) in [6, 6.07) is 7.53. The zero-order chi connectivity index (χ0) is 14.4. The van der Waals surface area contributed by atoms with Crippen LogP contribution in [0.4, 0.5) is 0 Å². The standard InChI is InChI=1S/C14H16ClN3O2/c1-19-13-7-10(6-12(15)14(13)20-2)8-16-9-11-4-3-5-17-18-11/h3-7,16H,8-9H2,1-2H3. The van der Waals surface area contributed by atoms with Crippen LogP contribution in [-0.4, -0.2) is 24.4 Å². The van der Waals surface area contributed by atoms with Gasteiger partial charge in [0.05, 0.1) is 24.9 Å². The topological polar surface area (TPSA) is 56.3 Å². The van der Waals surface area contributed by atoms with Crippen molar-refractivity contribution in [2.45, 2.75) is 13.1 Å². The third-order valence-electron chi connectivity index (χ3n) is 2.76. The van der Waals surface area contributed by atoms with E-state index in [9.17, 15) is 0 Å². The molecule has 0 bridgehead atoms. The van der Waals surface area contributed by atoms with Gasteiger partial charge in [-0.25, -0.2) is 0 Å². The molecule has 2 rings (SSSR count). The second-order valence-electron chi connectivity index (χ2n) is 4.13. The number of rotatable bonds is 6. The Morgan fingerprint density at radius 1 is 1.20 bits per heavy atom. The number of halogens is 1. The molecule has 0 unspecified atom stereocenters. The lowest BCUT2D eigenvalue weighted by atomic mass is 10.2. The molecule has 20 heavy (non-hydrogen) atoms. The Kier molecular flexibility index (Phi) is 5.15. The first-order valence-electron chi connectivity index (χ1n) is 6.12. The fourth-order valence-corrected chi connectivity index (χ4v) is 2.15. The molecule has 1 aromatic carbocycles. The van der Waals surface area contributed by atoms with Crippen molar-refractivity contribution < 1.29 is 9.47 Å². The van der Waals surface area contributed by atoms with Crippen LogP contribution in [0, 0.1) is 0 Å². The Bertz CT molecular complexity index is 564. The van der Waals surface area contributed by atoms with Gasteiger partial charge in [-0.1, -0.05) is 11.6 Å². The van der Waals surface area contributed by atoms with Gasteiger partial charge in [-0.3, -0.25) is 0 Å². The number of ether oxygens (including phenoxy) is 2. The third kappa shape index (κ3) is 3.59. The molecule has 106 valence electrons. The SMILES string of the molecule is COc1cc(CNCc2cccnn2)cc(Cl)c1OC. The molecule has 0 aliphatic carbocycles. The number of nitrogens with one attached hydrogen (secondary N) is 1. The molecule has 6 heteroatoms. The molecule has 2 aromatic rings. The summed E-state index contributed by atoms with van der Waals surface area (Å²) >= 11 is 6.15. The Morgan fingerprint density at radius 3 is 2.70 bits per heavy atom. The zero-order valence-corrected chi connectivity index (χ0v) is 12.1. The van der Waals surface area contributed by atoms with Crippen molar-refractivity contribution in [1.29, 1.82) is 0 Å².